The molecule has 21 heavy (non-hydrogen) atoms. The number of hydrogen-bond donors (Lipinski definition) is 1. The fourth-order valence-electron chi connectivity index (χ4n) is 2.51. The molecule has 1 aromatic carbocycles. The quantitative estimate of drug-likeness (QED) is 0.863. The standard InChI is InChI=1S/C17H24N2O2/c1-11-6-7-13(10-12(11)2)19-9-8-14(20)18-15(16(19)21)17(3,4)5/h6-7,10,15H,8-9H2,1-5H3,(H,18,20). The minimum Gasteiger partial charge on any atom is -0.344 e. The van der Waals surface area contributed by atoms with E-state index >= 15 is 0 Å². The van der Waals surface area contributed by atoms with Gasteiger partial charge in [-0.05, 0) is 42.5 Å². The lowest BCUT2D eigenvalue weighted by Gasteiger charge is -2.32. The summed E-state index contributed by atoms with van der Waals surface area (Å²) in [5.74, 6) is -0.0915. The molecule has 114 valence electrons. The molecule has 0 bridgehead atoms. The van der Waals surface area contributed by atoms with E-state index in [1.165, 1.54) is 5.56 Å². The predicted molar refractivity (Wildman–Crippen MR) is 84.3 cm³/mol. The topological polar surface area (TPSA) is 49.4 Å². The number of benzene rings is 1. The smallest absolute Gasteiger partial charge is 0.250 e. The molecular formula is C17H24N2O2. The van der Waals surface area contributed by atoms with Crippen LogP contribution in [0.2, 0.25) is 0 Å². The SMILES string of the molecule is Cc1ccc(N2CCC(=O)NC(C(C)(C)C)C2=O)cc1C. The van der Waals surface area contributed by atoms with Crippen LogP contribution in [0.15, 0.2) is 18.2 Å². The number of anilines is 1. The summed E-state index contributed by atoms with van der Waals surface area (Å²) < 4.78 is 0. The summed E-state index contributed by atoms with van der Waals surface area (Å²) in [7, 11) is 0. The minimum atomic E-state index is -0.492. The second-order valence-corrected chi connectivity index (χ2v) is 6.87. The monoisotopic (exact) mass is 288 g/mol. The molecule has 2 rings (SSSR count). The Balaban J connectivity index is 2.39. The van der Waals surface area contributed by atoms with Crippen LogP contribution in [0.3, 0.4) is 0 Å². The molecule has 1 N–H and O–H groups in total. The summed E-state index contributed by atoms with van der Waals surface area (Å²) in [4.78, 5) is 26.5. The molecule has 1 aliphatic heterocycles. The molecule has 0 aromatic heterocycles. The molecule has 0 aliphatic carbocycles. The lowest BCUT2D eigenvalue weighted by Crippen LogP contribution is -2.52. The van der Waals surface area contributed by atoms with Crippen molar-refractivity contribution in [2.75, 3.05) is 11.4 Å². The molecule has 0 spiro atoms. The van der Waals surface area contributed by atoms with Gasteiger partial charge in [0.25, 0.3) is 0 Å². The van der Waals surface area contributed by atoms with Crippen molar-refractivity contribution in [1.29, 1.82) is 0 Å². The van der Waals surface area contributed by atoms with E-state index in [0.29, 0.717) is 13.0 Å². The van der Waals surface area contributed by atoms with Crippen LogP contribution in [0, 0.1) is 19.3 Å². The lowest BCUT2D eigenvalue weighted by atomic mass is 9.86. The summed E-state index contributed by atoms with van der Waals surface area (Å²) in [5, 5.41) is 2.86. The maximum Gasteiger partial charge on any atom is 0.250 e. The van der Waals surface area contributed by atoms with Crippen molar-refractivity contribution < 1.29 is 9.59 Å². The summed E-state index contributed by atoms with van der Waals surface area (Å²) >= 11 is 0. The van der Waals surface area contributed by atoms with E-state index in [0.717, 1.165) is 11.3 Å². The lowest BCUT2D eigenvalue weighted by molar-refractivity contribution is -0.127. The Morgan fingerprint density at radius 3 is 2.38 bits per heavy atom. The van der Waals surface area contributed by atoms with E-state index in [1.807, 2.05) is 52.8 Å². The number of nitrogens with zero attached hydrogens (tertiary/aromatic N) is 1. The first-order valence-electron chi connectivity index (χ1n) is 7.38. The highest BCUT2D eigenvalue weighted by Crippen LogP contribution is 2.27. The Morgan fingerprint density at radius 1 is 1.14 bits per heavy atom. The largest absolute Gasteiger partial charge is 0.344 e. The summed E-state index contributed by atoms with van der Waals surface area (Å²) in [6.07, 6.45) is 0.339. The molecular weight excluding hydrogens is 264 g/mol. The van der Waals surface area contributed by atoms with Crippen molar-refractivity contribution in [1.82, 2.24) is 5.32 Å². The van der Waals surface area contributed by atoms with Gasteiger partial charge in [-0.1, -0.05) is 26.8 Å². The second-order valence-electron chi connectivity index (χ2n) is 6.87. The molecule has 1 heterocycles. The second kappa shape index (κ2) is 5.51. The summed E-state index contributed by atoms with van der Waals surface area (Å²) in [6.45, 7) is 10.4. The fraction of sp³-hybridized carbons (Fsp3) is 0.529. The molecule has 1 unspecified atom stereocenters. The van der Waals surface area contributed by atoms with E-state index < -0.39 is 6.04 Å². The van der Waals surface area contributed by atoms with Gasteiger partial charge in [-0.25, -0.2) is 0 Å². The van der Waals surface area contributed by atoms with Crippen molar-refractivity contribution >= 4 is 17.5 Å². The Morgan fingerprint density at radius 2 is 1.81 bits per heavy atom. The first-order chi connectivity index (χ1) is 9.70. The average molecular weight is 288 g/mol. The highest BCUT2D eigenvalue weighted by Gasteiger charge is 2.38. The first kappa shape index (κ1) is 15.5. The van der Waals surface area contributed by atoms with Crippen LogP contribution < -0.4 is 10.2 Å². The number of carbonyl (C=O) groups is 2. The third-order valence-corrected chi connectivity index (χ3v) is 4.05. The summed E-state index contributed by atoms with van der Waals surface area (Å²) in [5.41, 5.74) is 2.90. The van der Waals surface area contributed by atoms with Crippen LogP contribution in [0.4, 0.5) is 5.69 Å². The number of nitrogens with one attached hydrogen (secondary N) is 1. The van der Waals surface area contributed by atoms with Crippen molar-refractivity contribution in [3.8, 4) is 0 Å². The number of amides is 2. The van der Waals surface area contributed by atoms with Crippen LogP contribution in [0.5, 0.6) is 0 Å². The molecule has 0 radical (unpaired) electrons. The van der Waals surface area contributed by atoms with Crippen molar-refractivity contribution in [3.05, 3.63) is 29.3 Å². The van der Waals surface area contributed by atoms with Crippen LogP contribution >= 0.6 is 0 Å². The molecule has 0 saturated carbocycles. The third kappa shape index (κ3) is 3.26. The van der Waals surface area contributed by atoms with Crippen molar-refractivity contribution in [2.24, 2.45) is 5.41 Å². The van der Waals surface area contributed by atoms with Crippen LogP contribution in [0.25, 0.3) is 0 Å². The maximum atomic E-state index is 12.8. The van der Waals surface area contributed by atoms with Crippen molar-refractivity contribution in [2.45, 2.75) is 47.1 Å². The molecule has 4 nitrogen and oxygen atoms in total. The number of rotatable bonds is 1. The van der Waals surface area contributed by atoms with Gasteiger partial charge in [0.2, 0.25) is 11.8 Å². The molecule has 2 amide bonds. The average Bonchev–Trinajstić information content (AvgIpc) is 2.52. The Labute approximate surface area is 126 Å². The number of hydrogen-bond acceptors (Lipinski definition) is 2. The van der Waals surface area contributed by atoms with Gasteiger partial charge in [-0.3, -0.25) is 9.59 Å². The number of aryl methyl sites for hydroxylation is 2. The zero-order valence-corrected chi connectivity index (χ0v) is 13.5. The normalized spacial score (nSPS) is 20.2. The van der Waals surface area contributed by atoms with Gasteiger partial charge in [-0.2, -0.15) is 0 Å². The van der Waals surface area contributed by atoms with Gasteiger partial charge < -0.3 is 10.2 Å². The molecule has 1 aliphatic rings. The van der Waals surface area contributed by atoms with E-state index in [4.69, 9.17) is 0 Å². The molecule has 1 saturated heterocycles. The predicted octanol–water partition coefficient (Wildman–Crippen LogP) is 2.57. The Hall–Kier alpha value is -1.84. The van der Waals surface area contributed by atoms with E-state index in [9.17, 15) is 9.59 Å². The molecule has 1 atom stereocenters. The van der Waals surface area contributed by atoms with Gasteiger partial charge in [-0.15, -0.1) is 0 Å². The summed E-state index contributed by atoms with van der Waals surface area (Å²) in [6, 6.07) is 5.50. The molecule has 4 heteroatoms. The number of carbonyl (C=O) groups excluding carboxylic acids is 2. The molecule has 1 fully saturated rings. The highest BCUT2D eigenvalue weighted by molar-refractivity contribution is 6.01. The zero-order valence-electron chi connectivity index (χ0n) is 13.5. The van der Waals surface area contributed by atoms with E-state index in [1.54, 1.807) is 4.90 Å². The van der Waals surface area contributed by atoms with Gasteiger partial charge in [0.1, 0.15) is 6.04 Å². The maximum absolute atomic E-state index is 12.8. The minimum absolute atomic E-state index is 0.0309. The van der Waals surface area contributed by atoms with Crippen LogP contribution in [-0.2, 0) is 9.59 Å². The van der Waals surface area contributed by atoms with Crippen LogP contribution in [-0.4, -0.2) is 24.4 Å². The van der Waals surface area contributed by atoms with Crippen LogP contribution in [0.1, 0.15) is 38.3 Å². The van der Waals surface area contributed by atoms with Gasteiger partial charge in [0, 0.05) is 18.7 Å². The van der Waals surface area contributed by atoms with Gasteiger partial charge in [0.15, 0.2) is 0 Å². The van der Waals surface area contributed by atoms with Gasteiger partial charge in [0.05, 0.1) is 0 Å². The highest BCUT2D eigenvalue weighted by atomic mass is 16.2. The van der Waals surface area contributed by atoms with E-state index in [2.05, 4.69) is 5.32 Å². The fourth-order valence-corrected chi connectivity index (χ4v) is 2.51. The first-order valence-corrected chi connectivity index (χ1v) is 7.38. The Bertz CT molecular complexity index is 573. The molecule has 1 aromatic rings. The van der Waals surface area contributed by atoms with Crippen molar-refractivity contribution in [3.63, 3.8) is 0 Å². The Kier molecular flexibility index (Phi) is 4.08. The zero-order chi connectivity index (χ0) is 15.8. The third-order valence-electron chi connectivity index (χ3n) is 4.05. The van der Waals surface area contributed by atoms with Gasteiger partial charge >= 0.3 is 0 Å². The van der Waals surface area contributed by atoms with E-state index in [-0.39, 0.29) is 17.2 Å².